The first-order chi connectivity index (χ1) is 9.11. The summed E-state index contributed by atoms with van der Waals surface area (Å²) in [7, 11) is 1.63. The van der Waals surface area contributed by atoms with Gasteiger partial charge in [0.2, 0.25) is 0 Å². The lowest BCUT2D eigenvalue weighted by atomic mass is 10.1. The largest absolute Gasteiger partial charge is 0.497 e. The monoisotopic (exact) mass is 256 g/mol. The van der Waals surface area contributed by atoms with Crippen molar-refractivity contribution in [2.24, 2.45) is 5.73 Å². The van der Waals surface area contributed by atoms with Crippen molar-refractivity contribution in [1.29, 1.82) is 0 Å². The molecule has 98 valence electrons. The number of carbonyl (C=O) groups is 1. The zero-order valence-corrected chi connectivity index (χ0v) is 10.9. The summed E-state index contributed by atoms with van der Waals surface area (Å²) in [4.78, 5) is 11.4. The van der Waals surface area contributed by atoms with E-state index in [2.05, 4.69) is 5.32 Å². The zero-order valence-electron chi connectivity index (χ0n) is 10.9. The third-order valence-electron chi connectivity index (χ3n) is 2.90. The summed E-state index contributed by atoms with van der Waals surface area (Å²) >= 11 is 0. The molecule has 1 amide bonds. The Bertz CT molecular complexity index is 609. The zero-order chi connectivity index (χ0) is 13.8. The maximum absolute atomic E-state index is 11.4. The minimum absolute atomic E-state index is 0.450. The van der Waals surface area contributed by atoms with E-state index in [0.717, 1.165) is 17.0 Å². The van der Waals surface area contributed by atoms with Crippen molar-refractivity contribution < 1.29 is 9.53 Å². The van der Waals surface area contributed by atoms with E-state index in [9.17, 15) is 4.79 Å². The predicted octanol–water partition coefficient (Wildman–Crippen LogP) is 2.85. The number of carbonyl (C=O) groups excluding carboxylic acids is 1. The molecule has 0 aliphatic carbocycles. The normalized spacial score (nSPS) is 10.0. The molecule has 0 aliphatic heterocycles. The molecule has 0 aliphatic rings. The first-order valence-corrected chi connectivity index (χ1v) is 5.92. The van der Waals surface area contributed by atoms with Gasteiger partial charge in [0, 0.05) is 5.69 Å². The molecule has 0 saturated carbocycles. The van der Waals surface area contributed by atoms with E-state index in [0.29, 0.717) is 11.3 Å². The van der Waals surface area contributed by atoms with Gasteiger partial charge in [-0.25, -0.2) is 0 Å². The van der Waals surface area contributed by atoms with Crippen LogP contribution in [0.3, 0.4) is 0 Å². The maximum Gasteiger partial charge on any atom is 0.250 e. The number of rotatable bonds is 4. The Morgan fingerprint density at radius 2 is 1.89 bits per heavy atom. The Labute approximate surface area is 112 Å². The highest BCUT2D eigenvalue weighted by molar-refractivity contribution is 5.99. The first kappa shape index (κ1) is 13.0. The molecule has 0 spiro atoms. The Balaban J connectivity index is 2.34. The van der Waals surface area contributed by atoms with E-state index in [-0.39, 0.29) is 0 Å². The number of primary amides is 1. The number of nitrogens with one attached hydrogen (secondary N) is 1. The van der Waals surface area contributed by atoms with Gasteiger partial charge in [-0.2, -0.15) is 0 Å². The molecule has 0 fully saturated rings. The van der Waals surface area contributed by atoms with Gasteiger partial charge < -0.3 is 15.8 Å². The Kier molecular flexibility index (Phi) is 3.71. The highest BCUT2D eigenvalue weighted by Crippen LogP contribution is 2.26. The molecule has 0 unspecified atom stereocenters. The molecule has 0 radical (unpaired) electrons. The van der Waals surface area contributed by atoms with Gasteiger partial charge in [0.15, 0.2) is 0 Å². The molecule has 2 aromatic carbocycles. The lowest BCUT2D eigenvalue weighted by molar-refractivity contribution is 0.100. The molecule has 0 aromatic heterocycles. The average Bonchev–Trinajstić information content (AvgIpc) is 2.41. The quantitative estimate of drug-likeness (QED) is 0.884. The highest BCUT2D eigenvalue weighted by Gasteiger charge is 2.08. The number of ether oxygens (including phenoxy) is 1. The second-order valence-corrected chi connectivity index (χ2v) is 4.22. The fourth-order valence-electron chi connectivity index (χ4n) is 1.86. The number of amides is 1. The van der Waals surface area contributed by atoms with Crippen LogP contribution >= 0.6 is 0 Å². The van der Waals surface area contributed by atoms with Gasteiger partial charge in [-0.05, 0) is 42.8 Å². The minimum atomic E-state index is -0.450. The first-order valence-electron chi connectivity index (χ1n) is 5.92. The predicted molar refractivity (Wildman–Crippen MR) is 76.0 cm³/mol. The molecule has 0 saturated heterocycles. The summed E-state index contributed by atoms with van der Waals surface area (Å²) in [5.41, 5.74) is 8.46. The second-order valence-electron chi connectivity index (χ2n) is 4.22. The van der Waals surface area contributed by atoms with E-state index in [1.807, 2.05) is 37.3 Å². The van der Waals surface area contributed by atoms with Crippen molar-refractivity contribution in [1.82, 2.24) is 0 Å². The summed E-state index contributed by atoms with van der Waals surface area (Å²) in [5.74, 6) is 0.348. The van der Waals surface area contributed by atoms with Crippen molar-refractivity contribution in [2.45, 2.75) is 6.92 Å². The van der Waals surface area contributed by atoms with Crippen molar-refractivity contribution >= 4 is 17.3 Å². The molecule has 0 bridgehead atoms. The summed E-state index contributed by atoms with van der Waals surface area (Å²) in [6.45, 7) is 1.97. The van der Waals surface area contributed by atoms with Gasteiger partial charge in [0.1, 0.15) is 5.75 Å². The fraction of sp³-hybridized carbons (Fsp3) is 0.133. The smallest absolute Gasteiger partial charge is 0.250 e. The van der Waals surface area contributed by atoms with Crippen LogP contribution in [0, 0.1) is 6.92 Å². The van der Waals surface area contributed by atoms with Gasteiger partial charge in [0.05, 0.1) is 18.4 Å². The van der Waals surface area contributed by atoms with Crippen LogP contribution in [-0.2, 0) is 0 Å². The standard InChI is InChI=1S/C15H16N2O2/c1-10-9-11(19-2)7-8-13(10)17-14-6-4-3-5-12(14)15(16)18/h3-9,17H,1-2H3,(H2,16,18). The van der Waals surface area contributed by atoms with E-state index < -0.39 is 5.91 Å². The van der Waals surface area contributed by atoms with E-state index in [4.69, 9.17) is 10.5 Å². The van der Waals surface area contributed by atoms with Crippen LogP contribution in [0.25, 0.3) is 0 Å². The van der Waals surface area contributed by atoms with Crippen molar-refractivity contribution in [3.8, 4) is 5.75 Å². The van der Waals surface area contributed by atoms with Crippen LogP contribution < -0.4 is 15.8 Å². The molecule has 0 atom stereocenters. The number of benzene rings is 2. The summed E-state index contributed by atoms with van der Waals surface area (Å²) < 4.78 is 5.16. The number of nitrogens with two attached hydrogens (primary N) is 1. The third kappa shape index (κ3) is 2.85. The third-order valence-corrected chi connectivity index (χ3v) is 2.90. The number of methoxy groups -OCH3 is 1. The van der Waals surface area contributed by atoms with E-state index in [1.165, 1.54) is 0 Å². The lowest BCUT2D eigenvalue weighted by Crippen LogP contribution is -2.13. The van der Waals surface area contributed by atoms with Crippen LogP contribution in [0.15, 0.2) is 42.5 Å². The van der Waals surface area contributed by atoms with Crippen LogP contribution in [0.4, 0.5) is 11.4 Å². The molecule has 4 heteroatoms. The highest BCUT2D eigenvalue weighted by atomic mass is 16.5. The van der Waals surface area contributed by atoms with Gasteiger partial charge in [-0.3, -0.25) is 4.79 Å². The van der Waals surface area contributed by atoms with E-state index >= 15 is 0 Å². The SMILES string of the molecule is COc1ccc(Nc2ccccc2C(N)=O)c(C)c1. The topological polar surface area (TPSA) is 64.3 Å². The molecule has 0 heterocycles. The second kappa shape index (κ2) is 5.44. The Hall–Kier alpha value is -2.49. The van der Waals surface area contributed by atoms with Crippen LogP contribution in [0.1, 0.15) is 15.9 Å². The van der Waals surface area contributed by atoms with Crippen LogP contribution in [0.2, 0.25) is 0 Å². The van der Waals surface area contributed by atoms with Gasteiger partial charge in [-0.1, -0.05) is 12.1 Å². The Morgan fingerprint density at radius 3 is 2.53 bits per heavy atom. The van der Waals surface area contributed by atoms with Crippen molar-refractivity contribution in [3.63, 3.8) is 0 Å². The molecule has 4 nitrogen and oxygen atoms in total. The Morgan fingerprint density at radius 1 is 1.16 bits per heavy atom. The van der Waals surface area contributed by atoms with Gasteiger partial charge in [-0.15, -0.1) is 0 Å². The average molecular weight is 256 g/mol. The van der Waals surface area contributed by atoms with Gasteiger partial charge in [0.25, 0.3) is 5.91 Å². The number of aryl methyl sites for hydroxylation is 1. The van der Waals surface area contributed by atoms with Gasteiger partial charge >= 0.3 is 0 Å². The van der Waals surface area contributed by atoms with E-state index in [1.54, 1.807) is 19.2 Å². The molecule has 2 rings (SSSR count). The number of hydrogen-bond acceptors (Lipinski definition) is 3. The van der Waals surface area contributed by atoms with Crippen molar-refractivity contribution in [3.05, 3.63) is 53.6 Å². The molecule has 2 aromatic rings. The maximum atomic E-state index is 11.4. The number of anilines is 2. The molecular formula is C15H16N2O2. The molecular weight excluding hydrogens is 240 g/mol. The summed E-state index contributed by atoms with van der Waals surface area (Å²) in [6.07, 6.45) is 0. The van der Waals surface area contributed by atoms with Crippen molar-refractivity contribution in [2.75, 3.05) is 12.4 Å². The number of hydrogen-bond donors (Lipinski definition) is 2. The minimum Gasteiger partial charge on any atom is -0.497 e. The fourth-order valence-corrected chi connectivity index (χ4v) is 1.86. The molecule has 3 N–H and O–H groups in total. The molecule has 19 heavy (non-hydrogen) atoms. The van der Waals surface area contributed by atoms with Crippen LogP contribution in [0.5, 0.6) is 5.75 Å². The number of para-hydroxylation sites is 1. The summed E-state index contributed by atoms with van der Waals surface area (Å²) in [5, 5.41) is 3.22. The van der Waals surface area contributed by atoms with Crippen LogP contribution in [-0.4, -0.2) is 13.0 Å². The summed E-state index contributed by atoms with van der Waals surface area (Å²) in [6, 6.07) is 12.9. The lowest BCUT2D eigenvalue weighted by Gasteiger charge is -2.13.